The Balaban J connectivity index is 0.000000180. The molecule has 6 N–H and O–H groups in total. The quantitative estimate of drug-likeness (QED) is 0.0306. The Labute approximate surface area is 676 Å². The number of benzene rings is 7. The first-order chi connectivity index (χ1) is 54.0. The summed E-state index contributed by atoms with van der Waals surface area (Å²) in [6.45, 7) is 20.4. The maximum atomic E-state index is 13.4. The molecule has 0 fully saturated rings. The second-order valence-corrected chi connectivity index (χ2v) is 28.2. The van der Waals surface area contributed by atoms with Crippen molar-refractivity contribution in [2.75, 3.05) is 91.4 Å². The van der Waals surface area contributed by atoms with E-state index in [1.165, 1.54) is 56.5 Å². The van der Waals surface area contributed by atoms with Gasteiger partial charge in [0.05, 0.1) is 110 Å². The zero-order chi connectivity index (χ0) is 81.7. The highest BCUT2D eigenvalue weighted by atomic mass is 35.5. The number of urea groups is 1. The molecule has 5 heterocycles. The van der Waals surface area contributed by atoms with E-state index in [1.54, 1.807) is 88.4 Å². The molecule has 0 atom stereocenters. The number of amides is 5. The lowest BCUT2D eigenvalue weighted by molar-refractivity contribution is -0.120. The van der Waals surface area contributed by atoms with Crippen molar-refractivity contribution in [3.63, 3.8) is 0 Å². The molecule has 31 heteroatoms. The van der Waals surface area contributed by atoms with E-state index in [9.17, 15) is 24.0 Å². The Morgan fingerprint density at radius 2 is 1.06 bits per heavy atom. The molecule has 12 rings (SSSR count). The van der Waals surface area contributed by atoms with Crippen LogP contribution in [0.15, 0.2) is 166 Å². The summed E-state index contributed by atoms with van der Waals surface area (Å²) in [7, 11) is 10.7. The van der Waals surface area contributed by atoms with Gasteiger partial charge >= 0.3 is 6.03 Å². The highest BCUT2D eigenvalue weighted by molar-refractivity contribution is 6.42. The van der Waals surface area contributed by atoms with Crippen molar-refractivity contribution in [3.05, 3.63) is 213 Å². The molecular formula is C82H78Cl5N15O11. The molecule has 0 bridgehead atoms. The van der Waals surface area contributed by atoms with Crippen molar-refractivity contribution in [1.29, 1.82) is 0 Å². The lowest BCUT2D eigenvalue weighted by atomic mass is 9.88. The Bertz CT molecular complexity index is 5490. The number of fused-ring (bicyclic) bond motifs is 3. The highest BCUT2D eigenvalue weighted by Crippen LogP contribution is 2.50. The molecule has 113 heavy (non-hydrogen) atoms. The van der Waals surface area contributed by atoms with Crippen molar-refractivity contribution >= 4 is 173 Å². The van der Waals surface area contributed by atoms with Gasteiger partial charge in [0, 0.05) is 89.2 Å². The summed E-state index contributed by atoms with van der Waals surface area (Å²) in [5.74, 6) is 3.09. The van der Waals surface area contributed by atoms with E-state index in [4.69, 9.17) is 91.4 Å². The van der Waals surface area contributed by atoms with E-state index < -0.39 is 6.03 Å². The van der Waals surface area contributed by atoms with Crippen molar-refractivity contribution in [2.45, 2.75) is 54.0 Å². The molecule has 0 saturated heterocycles. The van der Waals surface area contributed by atoms with Gasteiger partial charge in [-0.1, -0.05) is 129 Å². The number of rotatable bonds is 24. The Kier molecular flexibility index (Phi) is 27.0. The SMILES string of the molecule is C=CC(=O)Nc1cc(Cl)cc(C)c1Nc1ncc2cc(-c3c(Cl)c(OC)cc(OC)c3Cl)ccc2n1.C=CC(=O)Nc1cccc(C)c1Nc1ncc2c(n1)N(C)C(=O)N(c1c(Cl)c(OC)cc(OC)c1Cl)C2.C=CC(=O)Nc1ccccc1Nc1ncc2cc(-c3cc(OC)cc(OC)c3)c(CC(=O)CC(C)(C)C)nc2n1. The average molecular weight is 1630 g/mol. The number of ether oxygens (including phenoxy) is 6. The molecule has 11 aromatic rings. The van der Waals surface area contributed by atoms with E-state index in [0.29, 0.717) is 141 Å². The number of pyridine rings is 1. The first kappa shape index (κ1) is 83.1. The molecule has 7 aromatic carbocycles. The van der Waals surface area contributed by atoms with Gasteiger partial charge in [-0.3, -0.25) is 29.0 Å². The van der Waals surface area contributed by atoms with Gasteiger partial charge in [0.2, 0.25) is 35.6 Å². The minimum absolute atomic E-state index is 0.0785. The van der Waals surface area contributed by atoms with Crippen molar-refractivity contribution in [2.24, 2.45) is 5.41 Å². The number of anilines is 11. The summed E-state index contributed by atoms with van der Waals surface area (Å²) in [6, 6.07) is 31.9. The number of hydrogen-bond donors (Lipinski definition) is 6. The van der Waals surface area contributed by atoms with Gasteiger partial charge < -0.3 is 60.3 Å². The summed E-state index contributed by atoms with van der Waals surface area (Å²) >= 11 is 32.5. The third-order valence-corrected chi connectivity index (χ3v) is 18.9. The molecule has 0 saturated carbocycles. The monoisotopic (exact) mass is 1620 g/mol. The number of methoxy groups -OCH3 is 6. The number of ketones is 1. The van der Waals surface area contributed by atoms with Gasteiger partial charge in [-0.2, -0.15) is 9.97 Å². The number of carbonyl (C=O) groups excluding carboxylic acids is 5. The fourth-order valence-electron chi connectivity index (χ4n) is 11.8. The van der Waals surface area contributed by atoms with Crippen LogP contribution in [0.2, 0.25) is 25.1 Å². The predicted octanol–water partition coefficient (Wildman–Crippen LogP) is 19.1. The van der Waals surface area contributed by atoms with E-state index in [-0.39, 0.29) is 63.6 Å². The standard InChI is InChI=1S/C31H33N5O4.C26H21Cl3N4O3.C25H24Cl2N6O4/c1-7-28(38)33-25-10-8-9-11-26(25)35-30-32-18-20-14-24(19-12-22(39-5)16-23(13-19)40-6)27(34-29(20)36-30)15-21(37)17-31(2,3)4;1-5-21(34)31-18-10-16(27)8-13(2)25(18)33-26-30-12-15-9-14(6-7-17(15)32-26)22-23(28)19(35-3)11-20(36-4)24(22)29;1-6-18(34)29-15-9-7-8-13(2)21(15)30-24-28-11-14-12-33(25(35)32(3)23(14)31-24)22-19(26)16(36-4)10-17(37-5)20(22)27/h7-14,16,18H,1,15,17H2,2-6H3,(H,33,38)(H,32,34,35,36);5-12H,1H2,2-4H3,(H,31,34)(H,30,32,33);6-11H,1,12H2,2-5H3,(H,29,34)(H,28,30,31). The summed E-state index contributed by atoms with van der Waals surface area (Å²) in [5, 5.41) is 20.8. The van der Waals surface area contributed by atoms with Gasteiger partial charge in [0.1, 0.15) is 56.1 Å². The number of carbonyl (C=O) groups is 5. The van der Waals surface area contributed by atoms with E-state index in [0.717, 1.165) is 33.2 Å². The van der Waals surface area contributed by atoms with Crippen LogP contribution in [0.25, 0.3) is 44.2 Å². The summed E-state index contributed by atoms with van der Waals surface area (Å²) in [6.07, 6.45) is 9.09. The summed E-state index contributed by atoms with van der Waals surface area (Å²) < 4.78 is 32.4. The molecule has 1 aliphatic heterocycles. The van der Waals surface area contributed by atoms with E-state index in [1.807, 2.05) is 95.3 Å². The third-order valence-electron chi connectivity index (χ3n) is 17.2. The van der Waals surface area contributed by atoms with E-state index >= 15 is 0 Å². The zero-order valence-corrected chi connectivity index (χ0v) is 67.3. The van der Waals surface area contributed by atoms with Gasteiger partial charge in [0.15, 0.2) is 5.65 Å². The number of para-hydroxylation sites is 3. The lowest BCUT2D eigenvalue weighted by Gasteiger charge is -2.35. The van der Waals surface area contributed by atoms with Crippen LogP contribution in [0.3, 0.4) is 0 Å². The predicted molar refractivity (Wildman–Crippen MR) is 448 cm³/mol. The van der Waals surface area contributed by atoms with Crippen LogP contribution >= 0.6 is 58.0 Å². The molecule has 0 radical (unpaired) electrons. The lowest BCUT2D eigenvalue weighted by Crippen LogP contribution is -2.46. The second kappa shape index (κ2) is 36.7. The first-order valence-corrected chi connectivity index (χ1v) is 36.3. The summed E-state index contributed by atoms with van der Waals surface area (Å²) in [4.78, 5) is 97.0. The maximum Gasteiger partial charge on any atom is 0.330 e. The fourth-order valence-corrected chi connectivity index (χ4v) is 13.5. The summed E-state index contributed by atoms with van der Waals surface area (Å²) in [5.41, 5.74) is 10.5. The van der Waals surface area contributed by atoms with Crippen molar-refractivity contribution in [1.82, 2.24) is 34.9 Å². The molecular weight excluding hydrogens is 1550 g/mol. The van der Waals surface area contributed by atoms with Crippen LogP contribution in [-0.2, 0) is 32.1 Å². The first-order valence-electron chi connectivity index (χ1n) is 34.4. The number of aromatic nitrogens is 7. The average Bonchev–Trinajstić information content (AvgIpc) is 0.759. The minimum atomic E-state index is -0.411. The van der Waals surface area contributed by atoms with Crippen LogP contribution in [0.5, 0.6) is 34.5 Å². The Morgan fingerprint density at radius 3 is 1.65 bits per heavy atom. The Morgan fingerprint density at radius 1 is 0.531 bits per heavy atom. The molecule has 582 valence electrons. The molecule has 5 amide bonds. The molecule has 0 aliphatic carbocycles. The zero-order valence-electron chi connectivity index (χ0n) is 63.5. The van der Waals surface area contributed by atoms with Crippen LogP contribution in [0, 0.1) is 19.3 Å². The number of aryl methyl sites for hydroxylation is 2. The molecule has 0 spiro atoms. The second-order valence-electron chi connectivity index (χ2n) is 26.3. The van der Waals surface area contributed by atoms with Crippen LogP contribution in [0.4, 0.5) is 68.3 Å². The van der Waals surface area contributed by atoms with Crippen LogP contribution in [-0.4, -0.2) is 114 Å². The highest BCUT2D eigenvalue weighted by Gasteiger charge is 2.35. The van der Waals surface area contributed by atoms with Crippen molar-refractivity contribution in [3.8, 4) is 56.8 Å². The van der Waals surface area contributed by atoms with Crippen molar-refractivity contribution < 1.29 is 52.4 Å². The Hall–Kier alpha value is -12.3. The number of nitrogens with zero attached hydrogens (tertiary/aromatic N) is 9. The van der Waals surface area contributed by atoms with Gasteiger partial charge in [-0.15, -0.1) is 0 Å². The number of hydrogen-bond acceptors (Lipinski definition) is 21. The number of Topliss-reactive ketones (excluding diaryl/α,β-unsaturated/α-hetero) is 1. The largest absolute Gasteiger partial charge is 0.497 e. The normalized spacial score (nSPS) is 11.5. The van der Waals surface area contributed by atoms with Gasteiger partial charge in [0.25, 0.3) is 0 Å². The maximum absolute atomic E-state index is 13.4. The molecule has 0 unspecified atom stereocenters. The third kappa shape index (κ3) is 19.7. The van der Waals surface area contributed by atoms with Crippen LogP contribution < -0.4 is 70.1 Å². The molecule has 1 aliphatic rings. The smallest absolute Gasteiger partial charge is 0.330 e. The van der Waals surface area contributed by atoms with Crippen LogP contribution in [0.1, 0.15) is 49.6 Å². The topological polar surface area (TPSA) is 310 Å². The van der Waals surface area contributed by atoms with Gasteiger partial charge in [-0.25, -0.2) is 29.7 Å². The molecule has 4 aromatic heterocycles. The fraction of sp³-hybridized carbons (Fsp3) is 0.195. The minimum Gasteiger partial charge on any atom is -0.497 e. The van der Waals surface area contributed by atoms with E-state index in [2.05, 4.69) is 81.5 Å². The number of halogens is 5. The molecule has 26 nitrogen and oxygen atoms in total. The number of nitrogens with one attached hydrogen (secondary N) is 6. The van der Waals surface area contributed by atoms with Gasteiger partial charge in [-0.05, 0) is 120 Å².